The van der Waals surface area contributed by atoms with Crippen molar-refractivity contribution in [1.29, 1.82) is 0 Å². The Bertz CT molecular complexity index is 628. The summed E-state index contributed by atoms with van der Waals surface area (Å²) < 4.78 is 0. The van der Waals surface area contributed by atoms with Gasteiger partial charge in [0, 0.05) is 17.5 Å². The maximum absolute atomic E-state index is 9.71. The average Bonchev–Trinajstić information content (AvgIpc) is 2.40. The van der Waals surface area contributed by atoms with Crippen molar-refractivity contribution in [1.82, 2.24) is 0 Å². The van der Waals surface area contributed by atoms with Crippen LogP contribution in [-0.4, -0.2) is 16.8 Å². The predicted molar refractivity (Wildman–Crippen MR) is 73.6 cm³/mol. The lowest BCUT2D eigenvalue weighted by molar-refractivity contribution is -0.690. The van der Waals surface area contributed by atoms with E-state index in [0.29, 0.717) is 0 Å². The molecule has 0 aliphatic carbocycles. The summed E-state index contributed by atoms with van der Waals surface area (Å²) in [6.45, 7) is 0.938. The number of nitrogens with two attached hydrogens (primary N) is 1. The SMILES string of the molecule is Oc1cc2c(cc1O)[C@@H](c1ccccc1Cl)[NH2+]CC2. The molecule has 0 amide bonds. The summed E-state index contributed by atoms with van der Waals surface area (Å²) >= 11 is 6.26. The molecule has 1 aliphatic heterocycles. The fraction of sp³-hybridized carbons (Fsp3) is 0.200. The minimum atomic E-state index is -0.0777. The van der Waals surface area contributed by atoms with Crippen molar-refractivity contribution in [3.8, 4) is 11.5 Å². The van der Waals surface area contributed by atoms with Crippen LogP contribution in [-0.2, 0) is 6.42 Å². The van der Waals surface area contributed by atoms with Gasteiger partial charge in [0.25, 0.3) is 0 Å². The van der Waals surface area contributed by atoms with Crippen LogP contribution in [0.4, 0.5) is 0 Å². The van der Waals surface area contributed by atoms with Crippen LogP contribution in [0.2, 0.25) is 5.02 Å². The Balaban J connectivity index is 2.13. The van der Waals surface area contributed by atoms with E-state index in [-0.39, 0.29) is 17.5 Å². The molecule has 1 heterocycles. The smallest absolute Gasteiger partial charge is 0.157 e. The van der Waals surface area contributed by atoms with Crippen molar-refractivity contribution >= 4 is 11.6 Å². The largest absolute Gasteiger partial charge is 0.504 e. The van der Waals surface area contributed by atoms with E-state index >= 15 is 0 Å². The van der Waals surface area contributed by atoms with Gasteiger partial charge in [-0.25, -0.2) is 0 Å². The van der Waals surface area contributed by atoms with E-state index in [0.717, 1.165) is 34.7 Å². The molecule has 98 valence electrons. The Labute approximate surface area is 116 Å². The summed E-state index contributed by atoms with van der Waals surface area (Å²) in [5.41, 5.74) is 3.13. The number of hydrogen-bond donors (Lipinski definition) is 3. The van der Waals surface area contributed by atoms with Gasteiger partial charge >= 0.3 is 0 Å². The number of aromatic hydroxyl groups is 2. The van der Waals surface area contributed by atoms with E-state index in [1.54, 1.807) is 12.1 Å². The molecule has 1 atom stereocenters. The highest BCUT2D eigenvalue weighted by Gasteiger charge is 2.27. The van der Waals surface area contributed by atoms with E-state index in [2.05, 4.69) is 5.32 Å². The first-order valence-corrected chi connectivity index (χ1v) is 6.67. The molecular weight excluding hydrogens is 262 g/mol. The summed E-state index contributed by atoms with van der Waals surface area (Å²) in [5.74, 6) is -0.135. The van der Waals surface area contributed by atoms with Crippen molar-refractivity contribution in [2.45, 2.75) is 12.5 Å². The lowest BCUT2D eigenvalue weighted by atomic mass is 9.89. The number of benzene rings is 2. The lowest BCUT2D eigenvalue weighted by Gasteiger charge is -2.25. The third kappa shape index (κ3) is 2.15. The van der Waals surface area contributed by atoms with Crippen LogP contribution >= 0.6 is 11.6 Å². The minimum Gasteiger partial charge on any atom is -0.504 e. The number of rotatable bonds is 1. The summed E-state index contributed by atoms with van der Waals surface area (Å²) in [6, 6.07) is 11.1. The molecule has 0 saturated heterocycles. The van der Waals surface area contributed by atoms with Crippen LogP contribution in [0.5, 0.6) is 11.5 Å². The third-order valence-electron chi connectivity index (χ3n) is 3.63. The second-order valence-electron chi connectivity index (χ2n) is 4.81. The fourth-order valence-corrected chi connectivity index (χ4v) is 2.95. The Morgan fingerprint density at radius 2 is 1.79 bits per heavy atom. The van der Waals surface area contributed by atoms with Gasteiger partial charge in [-0.2, -0.15) is 0 Å². The number of hydrogen-bond acceptors (Lipinski definition) is 2. The van der Waals surface area contributed by atoms with E-state index in [1.807, 2.05) is 24.3 Å². The van der Waals surface area contributed by atoms with Gasteiger partial charge in [0.15, 0.2) is 11.5 Å². The highest BCUT2D eigenvalue weighted by Crippen LogP contribution is 2.35. The molecule has 0 unspecified atom stereocenters. The fourth-order valence-electron chi connectivity index (χ4n) is 2.70. The van der Waals surface area contributed by atoms with Crippen molar-refractivity contribution in [3.63, 3.8) is 0 Å². The highest BCUT2D eigenvalue weighted by molar-refractivity contribution is 6.31. The maximum Gasteiger partial charge on any atom is 0.157 e. The number of quaternary nitrogens is 1. The van der Waals surface area contributed by atoms with Crippen LogP contribution in [0.25, 0.3) is 0 Å². The molecule has 2 aromatic rings. The Morgan fingerprint density at radius 1 is 1.05 bits per heavy atom. The van der Waals surface area contributed by atoms with Crippen molar-refractivity contribution in [2.75, 3.05) is 6.54 Å². The zero-order valence-corrected chi connectivity index (χ0v) is 11.1. The van der Waals surface area contributed by atoms with Gasteiger partial charge in [-0.1, -0.05) is 29.8 Å². The summed E-state index contributed by atoms with van der Waals surface area (Å²) in [6.07, 6.45) is 0.879. The summed E-state index contributed by atoms with van der Waals surface area (Å²) in [7, 11) is 0. The second kappa shape index (κ2) is 4.76. The van der Waals surface area contributed by atoms with Crippen molar-refractivity contribution < 1.29 is 15.5 Å². The minimum absolute atomic E-state index is 0.0569. The molecule has 19 heavy (non-hydrogen) atoms. The number of halogens is 1. The quantitative estimate of drug-likeness (QED) is 0.698. The standard InChI is InChI=1S/C15H14ClNO2/c16-12-4-2-1-3-10(12)15-11-8-14(19)13(18)7-9(11)5-6-17-15/h1-4,7-8,15,17-19H,5-6H2/p+1/t15-/m1/s1. The Hall–Kier alpha value is -1.71. The summed E-state index contributed by atoms with van der Waals surface area (Å²) in [5, 5.41) is 22.2. The first-order valence-electron chi connectivity index (χ1n) is 6.29. The third-order valence-corrected chi connectivity index (χ3v) is 3.97. The van der Waals surface area contributed by atoms with Gasteiger partial charge in [0.05, 0.1) is 11.6 Å². The van der Waals surface area contributed by atoms with Gasteiger partial charge in [0.1, 0.15) is 6.04 Å². The molecule has 0 fully saturated rings. The Kier molecular flexibility index (Phi) is 3.09. The Morgan fingerprint density at radius 3 is 2.58 bits per heavy atom. The van der Waals surface area contributed by atoms with Crippen molar-refractivity contribution in [2.24, 2.45) is 0 Å². The molecule has 4 N–H and O–H groups in total. The van der Waals surface area contributed by atoms with Crippen LogP contribution < -0.4 is 5.32 Å². The second-order valence-corrected chi connectivity index (χ2v) is 5.22. The van der Waals surface area contributed by atoms with E-state index < -0.39 is 0 Å². The van der Waals surface area contributed by atoms with Crippen molar-refractivity contribution in [3.05, 3.63) is 58.1 Å². The average molecular weight is 277 g/mol. The molecule has 2 aromatic carbocycles. The topological polar surface area (TPSA) is 57.1 Å². The maximum atomic E-state index is 9.71. The van der Waals surface area contributed by atoms with Crippen LogP contribution in [0, 0.1) is 0 Å². The highest BCUT2D eigenvalue weighted by atomic mass is 35.5. The molecule has 0 spiro atoms. The zero-order valence-electron chi connectivity index (χ0n) is 10.3. The molecule has 0 bridgehead atoms. The molecule has 1 aliphatic rings. The monoisotopic (exact) mass is 276 g/mol. The molecule has 4 heteroatoms. The number of phenolic OH excluding ortho intramolecular Hbond substituents is 2. The molecule has 0 aromatic heterocycles. The number of phenols is 2. The van der Waals surface area contributed by atoms with Gasteiger partial charge in [-0.3, -0.25) is 0 Å². The van der Waals surface area contributed by atoms with Gasteiger partial charge in [-0.15, -0.1) is 0 Å². The zero-order chi connectivity index (χ0) is 13.4. The molecule has 0 saturated carbocycles. The van der Waals surface area contributed by atoms with Gasteiger partial charge in [0.2, 0.25) is 0 Å². The first kappa shape index (κ1) is 12.3. The summed E-state index contributed by atoms with van der Waals surface area (Å²) in [4.78, 5) is 0. The predicted octanol–water partition coefficient (Wildman–Crippen LogP) is 1.96. The van der Waals surface area contributed by atoms with E-state index in [9.17, 15) is 10.2 Å². The van der Waals surface area contributed by atoms with Crippen LogP contribution in [0.3, 0.4) is 0 Å². The van der Waals surface area contributed by atoms with E-state index in [1.165, 1.54) is 0 Å². The molecule has 3 rings (SSSR count). The first-order chi connectivity index (χ1) is 9.16. The molecular formula is C15H15ClNO2+. The molecule has 0 radical (unpaired) electrons. The number of fused-ring (bicyclic) bond motifs is 1. The lowest BCUT2D eigenvalue weighted by Crippen LogP contribution is -2.87. The van der Waals surface area contributed by atoms with Crippen LogP contribution in [0.15, 0.2) is 36.4 Å². The van der Waals surface area contributed by atoms with Gasteiger partial charge in [-0.05, 0) is 23.8 Å². The van der Waals surface area contributed by atoms with E-state index in [4.69, 9.17) is 11.6 Å². The van der Waals surface area contributed by atoms with Crippen LogP contribution in [0.1, 0.15) is 22.7 Å². The normalized spacial score (nSPS) is 18.1. The van der Waals surface area contributed by atoms with Gasteiger partial charge < -0.3 is 15.5 Å². The molecule has 3 nitrogen and oxygen atoms in total.